The number of thiazole rings is 1. The zero-order valence-corrected chi connectivity index (χ0v) is 10.8. The van der Waals surface area contributed by atoms with Crippen LogP contribution in [0.1, 0.15) is 34.6 Å². The zero-order valence-electron chi connectivity index (χ0n) is 10.0. The van der Waals surface area contributed by atoms with Crippen molar-refractivity contribution in [3.8, 4) is 0 Å². The molecule has 7 heteroatoms. The molecule has 0 aromatic carbocycles. The van der Waals surface area contributed by atoms with Crippen LogP contribution in [-0.2, 0) is 4.79 Å². The molecule has 4 N–H and O–H groups in total. The van der Waals surface area contributed by atoms with E-state index >= 15 is 0 Å². The summed E-state index contributed by atoms with van der Waals surface area (Å²) in [5, 5.41) is 12.2. The monoisotopic (exact) mass is 269 g/mol. The van der Waals surface area contributed by atoms with Crippen molar-refractivity contribution in [2.24, 2.45) is 5.41 Å². The Morgan fingerprint density at radius 3 is 2.61 bits per heavy atom. The summed E-state index contributed by atoms with van der Waals surface area (Å²) in [6, 6.07) is 0. The molecule has 1 aromatic heterocycles. The summed E-state index contributed by atoms with van der Waals surface area (Å²) in [6.07, 6.45) is 2.13. The number of aryl methyl sites for hydroxylation is 1. The highest BCUT2D eigenvalue weighted by Gasteiger charge is 2.44. The van der Waals surface area contributed by atoms with Gasteiger partial charge in [-0.15, -0.1) is 0 Å². The first kappa shape index (κ1) is 12.8. The minimum atomic E-state index is -0.838. The third kappa shape index (κ3) is 2.17. The highest BCUT2D eigenvalue weighted by atomic mass is 32.1. The lowest BCUT2D eigenvalue weighted by atomic mass is 9.69. The molecule has 1 amide bonds. The van der Waals surface area contributed by atoms with E-state index in [0.717, 1.165) is 17.8 Å². The van der Waals surface area contributed by atoms with Crippen molar-refractivity contribution in [1.29, 1.82) is 0 Å². The van der Waals surface area contributed by atoms with Crippen LogP contribution in [0.5, 0.6) is 0 Å². The number of anilines is 1. The summed E-state index contributed by atoms with van der Waals surface area (Å²) < 4.78 is 0. The van der Waals surface area contributed by atoms with E-state index in [-0.39, 0.29) is 12.5 Å². The minimum absolute atomic E-state index is 0.165. The van der Waals surface area contributed by atoms with Crippen molar-refractivity contribution in [1.82, 2.24) is 10.3 Å². The van der Waals surface area contributed by atoms with Gasteiger partial charge in [0.15, 0.2) is 5.13 Å². The van der Waals surface area contributed by atoms with Gasteiger partial charge in [-0.05, 0) is 19.8 Å². The molecule has 2 rings (SSSR count). The fourth-order valence-corrected chi connectivity index (χ4v) is 2.78. The Bertz CT molecular complexity index is 494. The number of aromatic nitrogens is 1. The van der Waals surface area contributed by atoms with Crippen molar-refractivity contribution < 1.29 is 14.7 Å². The number of nitrogens with two attached hydrogens (primary N) is 1. The lowest BCUT2D eigenvalue weighted by molar-refractivity contribution is -0.153. The number of carbonyl (C=O) groups excluding carboxylic acids is 1. The fraction of sp³-hybridized carbons (Fsp3) is 0.545. The number of aliphatic carboxylic acids is 1. The molecule has 1 saturated carbocycles. The van der Waals surface area contributed by atoms with Gasteiger partial charge >= 0.3 is 5.97 Å². The molecule has 1 aliphatic carbocycles. The molecule has 1 aromatic rings. The smallest absolute Gasteiger partial charge is 0.311 e. The number of nitrogen functional groups attached to an aromatic ring is 1. The van der Waals surface area contributed by atoms with Gasteiger partial charge in [-0.3, -0.25) is 9.59 Å². The van der Waals surface area contributed by atoms with Crippen LogP contribution in [0.15, 0.2) is 0 Å². The van der Waals surface area contributed by atoms with Gasteiger partial charge in [0.05, 0.1) is 11.1 Å². The maximum Gasteiger partial charge on any atom is 0.311 e. The van der Waals surface area contributed by atoms with E-state index < -0.39 is 11.4 Å². The molecule has 0 radical (unpaired) electrons. The average Bonchev–Trinajstić information content (AvgIpc) is 2.55. The summed E-state index contributed by atoms with van der Waals surface area (Å²) in [7, 11) is 0. The van der Waals surface area contributed by atoms with Crippen LogP contribution in [0.2, 0.25) is 0 Å². The topological polar surface area (TPSA) is 105 Å². The average molecular weight is 269 g/mol. The first-order chi connectivity index (χ1) is 8.44. The third-order valence-electron chi connectivity index (χ3n) is 3.37. The van der Waals surface area contributed by atoms with E-state index in [1.165, 1.54) is 0 Å². The molecular formula is C11H15N3O3S. The lowest BCUT2D eigenvalue weighted by Crippen LogP contribution is -2.47. The Kier molecular flexibility index (Phi) is 3.25. The molecule has 0 atom stereocenters. The number of nitrogens with zero attached hydrogens (tertiary/aromatic N) is 1. The van der Waals surface area contributed by atoms with Crippen molar-refractivity contribution >= 4 is 28.3 Å². The Hall–Kier alpha value is -1.63. The molecule has 1 heterocycles. The lowest BCUT2D eigenvalue weighted by Gasteiger charge is -2.37. The fourth-order valence-electron chi connectivity index (χ4n) is 2.03. The summed E-state index contributed by atoms with van der Waals surface area (Å²) in [6.45, 7) is 1.87. The molecule has 1 aliphatic rings. The number of carbonyl (C=O) groups is 2. The van der Waals surface area contributed by atoms with Gasteiger partial charge in [0.1, 0.15) is 4.88 Å². The van der Waals surface area contributed by atoms with E-state index in [1.54, 1.807) is 6.92 Å². The van der Waals surface area contributed by atoms with Crippen LogP contribution >= 0.6 is 11.3 Å². The second-order valence-electron chi connectivity index (χ2n) is 4.59. The van der Waals surface area contributed by atoms with Gasteiger partial charge in [-0.2, -0.15) is 0 Å². The number of rotatable bonds is 4. The van der Waals surface area contributed by atoms with Gasteiger partial charge in [-0.25, -0.2) is 4.98 Å². The molecule has 0 spiro atoms. The molecule has 18 heavy (non-hydrogen) atoms. The maximum absolute atomic E-state index is 11.9. The van der Waals surface area contributed by atoms with Crippen LogP contribution in [0.25, 0.3) is 0 Å². The molecule has 1 fully saturated rings. The highest BCUT2D eigenvalue weighted by molar-refractivity contribution is 7.17. The summed E-state index contributed by atoms with van der Waals surface area (Å²) >= 11 is 1.11. The third-order valence-corrected chi connectivity index (χ3v) is 4.36. The van der Waals surface area contributed by atoms with Crippen LogP contribution in [0.4, 0.5) is 5.13 Å². The Morgan fingerprint density at radius 1 is 1.56 bits per heavy atom. The number of hydrogen-bond donors (Lipinski definition) is 3. The van der Waals surface area contributed by atoms with E-state index in [2.05, 4.69) is 10.3 Å². The first-order valence-corrected chi connectivity index (χ1v) is 6.51. The SMILES string of the molecule is Cc1nc(N)sc1C(=O)NCC1(C(=O)O)CCC1. The largest absolute Gasteiger partial charge is 0.481 e. The Labute approximate surface area is 108 Å². The normalized spacial score (nSPS) is 16.9. The van der Waals surface area contributed by atoms with Gasteiger partial charge in [-0.1, -0.05) is 17.8 Å². The van der Waals surface area contributed by atoms with Crippen molar-refractivity contribution in [2.75, 3.05) is 12.3 Å². The van der Waals surface area contributed by atoms with E-state index in [0.29, 0.717) is 28.5 Å². The second kappa shape index (κ2) is 4.56. The van der Waals surface area contributed by atoms with Crippen LogP contribution in [0, 0.1) is 12.3 Å². The van der Waals surface area contributed by atoms with Crippen LogP contribution in [0.3, 0.4) is 0 Å². The van der Waals surface area contributed by atoms with Crippen molar-refractivity contribution in [2.45, 2.75) is 26.2 Å². The summed E-state index contributed by atoms with van der Waals surface area (Å²) in [5.41, 5.74) is 5.32. The van der Waals surface area contributed by atoms with E-state index in [9.17, 15) is 9.59 Å². The van der Waals surface area contributed by atoms with Gasteiger partial charge in [0.2, 0.25) is 0 Å². The van der Waals surface area contributed by atoms with Crippen LogP contribution < -0.4 is 11.1 Å². The minimum Gasteiger partial charge on any atom is -0.481 e. The summed E-state index contributed by atoms with van der Waals surface area (Å²) in [4.78, 5) is 27.5. The van der Waals surface area contributed by atoms with Gasteiger partial charge in [0.25, 0.3) is 5.91 Å². The Morgan fingerprint density at radius 2 is 2.22 bits per heavy atom. The van der Waals surface area contributed by atoms with Gasteiger partial charge < -0.3 is 16.2 Å². The number of hydrogen-bond acceptors (Lipinski definition) is 5. The molecular weight excluding hydrogens is 254 g/mol. The zero-order chi connectivity index (χ0) is 13.3. The van der Waals surface area contributed by atoms with Crippen LogP contribution in [-0.4, -0.2) is 28.5 Å². The van der Waals surface area contributed by atoms with Gasteiger partial charge in [0, 0.05) is 6.54 Å². The molecule has 6 nitrogen and oxygen atoms in total. The molecule has 0 aliphatic heterocycles. The molecule has 98 valence electrons. The number of carboxylic acid groups (broad SMARTS) is 1. The maximum atomic E-state index is 11.9. The molecule has 0 unspecified atom stereocenters. The number of nitrogens with one attached hydrogen (secondary N) is 1. The standard InChI is InChI=1S/C11H15N3O3S/c1-6-7(18-10(12)14-6)8(15)13-5-11(9(16)17)3-2-4-11/h2-5H2,1H3,(H2,12,14)(H,13,15)(H,16,17). The highest BCUT2D eigenvalue weighted by Crippen LogP contribution is 2.40. The predicted octanol–water partition coefficient (Wildman–Crippen LogP) is 1.02. The second-order valence-corrected chi connectivity index (χ2v) is 5.62. The van der Waals surface area contributed by atoms with E-state index in [1.807, 2.05) is 0 Å². The van der Waals surface area contributed by atoms with Crippen molar-refractivity contribution in [3.63, 3.8) is 0 Å². The first-order valence-electron chi connectivity index (χ1n) is 5.69. The number of carboxylic acids is 1. The Balaban J connectivity index is 2.00. The predicted molar refractivity (Wildman–Crippen MR) is 67.5 cm³/mol. The summed E-state index contributed by atoms with van der Waals surface area (Å²) in [5.74, 6) is -1.14. The number of amides is 1. The molecule has 0 saturated heterocycles. The van der Waals surface area contributed by atoms with Crippen molar-refractivity contribution in [3.05, 3.63) is 10.6 Å². The van der Waals surface area contributed by atoms with E-state index in [4.69, 9.17) is 10.8 Å². The molecule has 0 bridgehead atoms. The quantitative estimate of drug-likeness (QED) is 0.756.